The van der Waals surface area contributed by atoms with E-state index >= 15 is 0 Å². The summed E-state index contributed by atoms with van der Waals surface area (Å²) in [5.74, 6) is -0.512. The fraction of sp³-hybridized carbons (Fsp3) is 0.0800. The number of hydrogen-bond donors (Lipinski definition) is 2. The SMILES string of the molecule is COC(=O)c1ccc2c(C(=Nc3ccc(N(C)C=O)cc3)c3ccccc3)c(O)[nH]c2c1. The van der Waals surface area contributed by atoms with E-state index in [1.165, 1.54) is 12.0 Å². The summed E-state index contributed by atoms with van der Waals surface area (Å²) >= 11 is 0. The lowest BCUT2D eigenvalue weighted by Crippen LogP contribution is -2.13. The molecule has 0 fully saturated rings. The van der Waals surface area contributed by atoms with Crippen molar-refractivity contribution in [3.63, 3.8) is 0 Å². The molecule has 7 nitrogen and oxygen atoms in total. The lowest BCUT2D eigenvalue weighted by molar-refractivity contribution is -0.107. The van der Waals surface area contributed by atoms with Crippen LogP contribution in [-0.2, 0) is 9.53 Å². The van der Waals surface area contributed by atoms with Crippen molar-refractivity contribution < 1.29 is 19.4 Å². The Balaban J connectivity index is 1.87. The molecule has 0 aliphatic rings. The van der Waals surface area contributed by atoms with Crippen LogP contribution in [0.2, 0.25) is 0 Å². The molecule has 4 rings (SSSR count). The van der Waals surface area contributed by atoms with Gasteiger partial charge in [0, 0.05) is 29.2 Å². The molecule has 7 heteroatoms. The number of amides is 1. The standard InChI is InChI=1S/C25H21N3O4/c1-28(15-29)19-11-9-18(10-12-19)26-23(16-6-4-3-5-7-16)22-20-13-8-17(25(31)32-2)14-21(20)27-24(22)30/h3-15,27,30H,1-2H3. The number of methoxy groups -OCH3 is 1. The number of aromatic hydroxyl groups is 1. The molecule has 2 N–H and O–H groups in total. The molecule has 160 valence electrons. The molecule has 3 aromatic carbocycles. The number of rotatable bonds is 6. The van der Waals surface area contributed by atoms with Crippen LogP contribution in [0.5, 0.6) is 5.88 Å². The number of aromatic nitrogens is 1. The van der Waals surface area contributed by atoms with E-state index in [0.29, 0.717) is 28.0 Å². The summed E-state index contributed by atoms with van der Waals surface area (Å²) in [6.45, 7) is 0. The van der Waals surface area contributed by atoms with Gasteiger partial charge in [0.05, 0.1) is 29.6 Å². The van der Waals surface area contributed by atoms with Crippen LogP contribution in [0.1, 0.15) is 21.5 Å². The maximum absolute atomic E-state index is 11.9. The van der Waals surface area contributed by atoms with Gasteiger partial charge in [-0.2, -0.15) is 0 Å². The Kier molecular flexibility index (Phi) is 5.72. The van der Waals surface area contributed by atoms with Crippen LogP contribution >= 0.6 is 0 Å². The van der Waals surface area contributed by atoms with E-state index in [-0.39, 0.29) is 5.88 Å². The molecule has 1 heterocycles. The van der Waals surface area contributed by atoms with Crippen molar-refractivity contribution in [3.8, 4) is 5.88 Å². The highest BCUT2D eigenvalue weighted by molar-refractivity contribution is 6.22. The van der Waals surface area contributed by atoms with E-state index in [9.17, 15) is 14.7 Å². The average Bonchev–Trinajstić information content (AvgIpc) is 3.17. The van der Waals surface area contributed by atoms with Crippen molar-refractivity contribution in [3.05, 3.63) is 89.5 Å². The predicted octanol–water partition coefficient (Wildman–Crippen LogP) is 4.42. The van der Waals surface area contributed by atoms with Gasteiger partial charge >= 0.3 is 5.97 Å². The number of hydrogen-bond acceptors (Lipinski definition) is 5. The van der Waals surface area contributed by atoms with Crippen LogP contribution in [0, 0.1) is 0 Å². The summed E-state index contributed by atoms with van der Waals surface area (Å²) in [5.41, 5.74) is 4.27. The van der Waals surface area contributed by atoms with Gasteiger partial charge in [0.15, 0.2) is 5.88 Å². The van der Waals surface area contributed by atoms with E-state index in [1.54, 1.807) is 49.5 Å². The zero-order chi connectivity index (χ0) is 22.7. The summed E-state index contributed by atoms with van der Waals surface area (Å²) in [6.07, 6.45) is 0.736. The Bertz CT molecular complexity index is 1310. The third-order valence-electron chi connectivity index (χ3n) is 5.14. The molecular formula is C25H21N3O4. The molecule has 0 aliphatic carbocycles. The first-order valence-electron chi connectivity index (χ1n) is 9.87. The Labute approximate surface area is 184 Å². The minimum absolute atomic E-state index is 0.0538. The number of carbonyl (C=O) groups is 2. The molecule has 1 aromatic heterocycles. The number of aliphatic imine (C=N–C) groups is 1. The lowest BCUT2D eigenvalue weighted by Gasteiger charge is -2.11. The summed E-state index contributed by atoms with van der Waals surface area (Å²) in [4.78, 5) is 32.1. The highest BCUT2D eigenvalue weighted by Crippen LogP contribution is 2.32. The van der Waals surface area contributed by atoms with Crippen LogP contribution in [0.15, 0.2) is 77.8 Å². The highest BCUT2D eigenvalue weighted by atomic mass is 16.5. The number of H-pyrrole nitrogens is 1. The number of anilines is 1. The van der Waals surface area contributed by atoms with Crippen molar-refractivity contribution in [2.75, 3.05) is 19.1 Å². The van der Waals surface area contributed by atoms with E-state index in [0.717, 1.165) is 23.0 Å². The largest absolute Gasteiger partial charge is 0.494 e. The van der Waals surface area contributed by atoms with Gasteiger partial charge in [-0.15, -0.1) is 0 Å². The van der Waals surface area contributed by atoms with E-state index in [4.69, 9.17) is 9.73 Å². The minimum Gasteiger partial charge on any atom is -0.494 e. The van der Waals surface area contributed by atoms with Crippen LogP contribution in [-0.4, -0.2) is 42.3 Å². The molecule has 0 bridgehead atoms. The van der Waals surface area contributed by atoms with E-state index < -0.39 is 5.97 Å². The van der Waals surface area contributed by atoms with Gasteiger partial charge < -0.3 is 19.7 Å². The Morgan fingerprint density at radius 1 is 1.03 bits per heavy atom. The smallest absolute Gasteiger partial charge is 0.337 e. The van der Waals surface area contributed by atoms with Crippen LogP contribution in [0.4, 0.5) is 11.4 Å². The summed E-state index contributed by atoms with van der Waals surface area (Å²) in [7, 11) is 3.00. The fourth-order valence-corrected chi connectivity index (χ4v) is 3.48. The molecule has 0 atom stereocenters. The van der Waals surface area contributed by atoms with Crippen molar-refractivity contribution >= 4 is 40.4 Å². The van der Waals surface area contributed by atoms with Gasteiger partial charge in [-0.25, -0.2) is 9.79 Å². The third-order valence-corrected chi connectivity index (χ3v) is 5.14. The molecule has 0 saturated heterocycles. The third kappa shape index (κ3) is 3.96. The quantitative estimate of drug-likeness (QED) is 0.270. The molecule has 0 aliphatic heterocycles. The first-order valence-corrected chi connectivity index (χ1v) is 9.87. The van der Waals surface area contributed by atoms with Crippen LogP contribution in [0.3, 0.4) is 0 Å². The Morgan fingerprint density at radius 2 is 1.75 bits per heavy atom. The Morgan fingerprint density at radius 3 is 2.41 bits per heavy atom. The van der Waals surface area contributed by atoms with E-state index in [1.807, 2.05) is 30.3 Å². The molecular weight excluding hydrogens is 406 g/mol. The number of esters is 1. The number of aromatic amines is 1. The molecule has 0 saturated carbocycles. The maximum Gasteiger partial charge on any atom is 0.337 e. The molecule has 0 radical (unpaired) electrons. The number of nitrogens with one attached hydrogen (secondary N) is 1. The van der Waals surface area contributed by atoms with Gasteiger partial charge in [0.2, 0.25) is 6.41 Å². The normalized spacial score (nSPS) is 11.4. The Hall–Kier alpha value is -4.39. The van der Waals surface area contributed by atoms with Gasteiger partial charge in [-0.1, -0.05) is 36.4 Å². The number of ether oxygens (including phenoxy) is 1. The average molecular weight is 427 g/mol. The number of nitrogens with zero attached hydrogens (tertiary/aromatic N) is 2. The number of fused-ring (bicyclic) bond motifs is 1. The van der Waals surface area contributed by atoms with Crippen molar-refractivity contribution in [2.24, 2.45) is 4.99 Å². The zero-order valence-corrected chi connectivity index (χ0v) is 17.6. The molecule has 4 aromatic rings. The zero-order valence-electron chi connectivity index (χ0n) is 17.6. The summed E-state index contributed by atoms with van der Waals surface area (Å²) in [5, 5.41) is 11.5. The van der Waals surface area contributed by atoms with Gasteiger partial charge in [0.25, 0.3) is 0 Å². The monoisotopic (exact) mass is 427 g/mol. The second-order valence-electron chi connectivity index (χ2n) is 7.16. The van der Waals surface area contributed by atoms with Crippen LogP contribution in [0.25, 0.3) is 10.9 Å². The van der Waals surface area contributed by atoms with Crippen molar-refractivity contribution in [2.45, 2.75) is 0 Å². The molecule has 1 amide bonds. The minimum atomic E-state index is -0.458. The topological polar surface area (TPSA) is 95.0 Å². The van der Waals surface area contributed by atoms with E-state index in [2.05, 4.69) is 4.98 Å². The first-order chi connectivity index (χ1) is 15.5. The predicted molar refractivity (Wildman–Crippen MR) is 124 cm³/mol. The van der Waals surface area contributed by atoms with Gasteiger partial charge in [-0.05, 0) is 36.4 Å². The van der Waals surface area contributed by atoms with Crippen molar-refractivity contribution in [1.29, 1.82) is 0 Å². The highest BCUT2D eigenvalue weighted by Gasteiger charge is 2.20. The van der Waals surface area contributed by atoms with Gasteiger partial charge in [0.1, 0.15) is 0 Å². The number of carbonyl (C=O) groups excluding carboxylic acids is 2. The van der Waals surface area contributed by atoms with Crippen molar-refractivity contribution in [1.82, 2.24) is 4.98 Å². The van der Waals surface area contributed by atoms with Gasteiger partial charge in [-0.3, -0.25) is 4.79 Å². The first kappa shape index (κ1) is 20.9. The summed E-state index contributed by atoms with van der Waals surface area (Å²) in [6, 6.07) is 21.8. The second-order valence-corrected chi connectivity index (χ2v) is 7.16. The molecule has 32 heavy (non-hydrogen) atoms. The molecule has 0 unspecified atom stereocenters. The van der Waals surface area contributed by atoms with Crippen LogP contribution < -0.4 is 4.90 Å². The maximum atomic E-state index is 11.9. The summed E-state index contributed by atoms with van der Waals surface area (Å²) < 4.78 is 4.79. The molecule has 0 spiro atoms. The second kappa shape index (κ2) is 8.77. The lowest BCUT2D eigenvalue weighted by atomic mass is 10.00. The fourth-order valence-electron chi connectivity index (χ4n) is 3.48. The number of benzene rings is 3.